The zero-order valence-corrected chi connectivity index (χ0v) is 17.6. The van der Waals surface area contributed by atoms with Crippen LogP contribution in [0.2, 0.25) is 0 Å². The van der Waals surface area contributed by atoms with Gasteiger partial charge in [-0.25, -0.2) is 4.90 Å². The van der Waals surface area contributed by atoms with Gasteiger partial charge in [0.25, 0.3) is 5.91 Å². The van der Waals surface area contributed by atoms with Gasteiger partial charge in [-0.3, -0.25) is 14.4 Å². The number of nitrogens with zero attached hydrogens (tertiary/aromatic N) is 2. The highest BCUT2D eigenvalue weighted by molar-refractivity contribution is 9.10. The summed E-state index contributed by atoms with van der Waals surface area (Å²) in [5.74, 6) is -0.742. The zero-order chi connectivity index (χ0) is 20.3. The average molecular weight is 443 g/mol. The van der Waals surface area contributed by atoms with E-state index in [4.69, 9.17) is 0 Å². The lowest BCUT2D eigenvalue weighted by Gasteiger charge is -2.33. The van der Waals surface area contributed by atoms with E-state index in [2.05, 4.69) is 15.9 Å². The molecule has 0 radical (unpaired) electrons. The number of hydrogen-bond acceptors (Lipinski definition) is 3. The molecule has 2 aromatic carbocycles. The Hall–Kier alpha value is -2.47. The number of hydrogen-bond donors (Lipinski definition) is 0. The highest BCUT2D eigenvalue weighted by Crippen LogP contribution is 2.32. The van der Waals surface area contributed by atoms with Gasteiger partial charge in [-0.05, 0) is 43.2 Å². The summed E-state index contributed by atoms with van der Waals surface area (Å²) < 4.78 is 0.865. The van der Waals surface area contributed by atoms with E-state index in [1.54, 1.807) is 29.2 Å². The monoisotopic (exact) mass is 442 g/mol. The summed E-state index contributed by atoms with van der Waals surface area (Å²) >= 11 is 3.36. The third kappa shape index (κ3) is 4.02. The fourth-order valence-electron chi connectivity index (χ4n) is 3.59. The van der Waals surface area contributed by atoms with E-state index in [-0.39, 0.29) is 30.2 Å². The topological polar surface area (TPSA) is 57.7 Å². The Morgan fingerprint density at radius 2 is 1.79 bits per heavy atom. The van der Waals surface area contributed by atoms with Crippen LogP contribution in [0, 0.1) is 0 Å². The second-order valence-electron chi connectivity index (χ2n) is 6.90. The maximum absolute atomic E-state index is 13.2. The van der Waals surface area contributed by atoms with Crippen molar-refractivity contribution in [2.24, 2.45) is 0 Å². The van der Waals surface area contributed by atoms with E-state index in [0.29, 0.717) is 18.5 Å². The van der Waals surface area contributed by atoms with Crippen molar-refractivity contribution in [3.05, 3.63) is 64.6 Å². The van der Waals surface area contributed by atoms with Crippen LogP contribution in [0.1, 0.15) is 44.7 Å². The Labute approximate surface area is 173 Å². The van der Waals surface area contributed by atoms with Crippen molar-refractivity contribution in [1.82, 2.24) is 4.90 Å². The van der Waals surface area contributed by atoms with E-state index in [1.807, 2.05) is 44.2 Å². The van der Waals surface area contributed by atoms with Gasteiger partial charge in [0.1, 0.15) is 6.04 Å². The Balaban J connectivity index is 1.94. The maximum Gasteiger partial charge on any atom is 0.257 e. The van der Waals surface area contributed by atoms with Gasteiger partial charge in [0.05, 0.1) is 18.2 Å². The van der Waals surface area contributed by atoms with Crippen LogP contribution in [-0.2, 0) is 14.4 Å². The van der Waals surface area contributed by atoms with Crippen molar-refractivity contribution in [1.29, 1.82) is 0 Å². The molecule has 5 nitrogen and oxygen atoms in total. The van der Waals surface area contributed by atoms with Crippen LogP contribution < -0.4 is 4.90 Å². The fourth-order valence-corrected chi connectivity index (χ4v) is 3.85. The molecule has 2 aromatic rings. The third-order valence-electron chi connectivity index (χ3n) is 4.99. The molecule has 1 saturated heterocycles. The average Bonchev–Trinajstić information content (AvgIpc) is 2.98. The lowest BCUT2D eigenvalue weighted by atomic mass is 10.0. The number of rotatable bonds is 6. The molecule has 1 heterocycles. The van der Waals surface area contributed by atoms with Gasteiger partial charge >= 0.3 is 0 Å². The minimum Gasteiger partial charge on any atom is -0.323 e. The molecule has 28 heavy (non-hydrogen) atoms. The second-order valence-corrected chi connectivity index (χ2v) is 7.82. The summed E-state index contributed by atoms with van der Waals surface area (Å²) in [6.07, 6.45) is 1.02. The lowest BCUT2D eigenvalue weighted by Crippen LogP contribution is -2.46. The van der Waals surface area contributed by atoms with Gasteiger partial charge in [0.15, 0.2) is 0 Å². The first-order valence-electron chi connectivity index (χ1n) is 9.42. The van der Waals surface area contributed by atoms with Crippen molar-refractivity contribution >= 4 is 39.3 Å². The van der Waals surface area contributed by atoms with Gasteiger partial charge in [-0.15, -0.1) is 0 Å². The van der Waals surface area contributed by atoms with E-state index >= 15 is 0 Å². The van der Waals surface area contributed by atoms with Crippen molar-refractivity contribution in [2.45, 2.75) is 45.2 Å². The Morgan fingerprint density at radius 1 is 1.14 bits per heavy atom. The predicted molar refractivity (Wildman–Crippen MR) is 112 cm³/mol. The van der Waals surface area contributed by atoms with Crippen LogP contribution in [0.15, 0.2) is 59.1 Å². The van der Waals surface area contributed by atoms with Gasteiger partial charge in [-0.2, -0.15) is 0 Å². The number of halogens is 1. The molecule has 0 bridgehead atoms. The van der Waals surface area contributed by atoms with Crippen LogP contribution in [0.25, 0.3) is 0 Å². The highest BCUT2D eigenvalue weighted by Gasteiger charge is 2.45. The molecule has 3 rings (SSSR count). The van der Waals surface area contributed by atoms with Crippen LogP contribution in [-0.4, -0.2) is 28.7 Å². The molecule has 0 saturated carbocycles. The van der Waals surface area contributed by atoms with Crippen LogP contribution >= 0.6 is 15.9 Å². The molecule has 1 aliphatic heterocycles. The minimum atomic E-state index is -0.787. The van der Waals surface area contributed by atoms with Crippen molar-refractivity contribution < 1.29 is 14.4 Å². The van der Waals surface area contributed by atoms with Crippen molar-refractivity contribution in [3.8, 4) is 0 Å². The quantitative estimate of drug-likeness (QED) is 0.619. The molecular weight excluding hydrogens is 420 g/mol. The number of benzene rings is 2. The maximum atomic E-state index is 13.2. The summed E-state index contributed by atoms with van der Waals surface area (Å²) in [6.45, 7) is 3.84. The second kappa shape index (κ2) is 8.69. The van der Waals surface area contributed by atoms with Crippen LogP contribution in [0.5, 0.6) is 0 Å². The standard InChI is InChI=1S/C22H23BrN2O3/c1-3-7-20(26)24(15(2)16-8-5-4-6-9-16)19-14-21(27)25(22(19)28)18-12-10-17(23)11-13-18/h4-6,8-13,15,19H,3,7,14H2,1-2H3. The molecule has 3 amide bonds. The largest absolute Gasteiger partial charge is 0.323 e. The Morgan fingerprint density at radius 3 is 2.39 bits per heavy atom. The number of carbonyl (C=O) groups excluding carboxylic acids is 3. The first-order valence-corrected chi connectivity index (χ1v) is 10.2. The summed E-state index contributed by atoms with van der Waals surface area (Å²) in [6, 6.07) is 15.5. The number of carbonyl (C=O) groups is 3. The van der Waals surface area contributed by atoms with Crippen LogP contribution in [0.4, 0.5) is 5.69 Å². The number of amides is 3. The van der Waals surface area contributed by atoms with Crippen molar-refractivity contribution in [2.75, 3.05) is 4.90 Å². The van der Waals surface area contributed by atoms with E-state index in [9.17, 15) is 14.4 Å². The van der Waals surface area contributed by atoms with Gasteiger partial charge in [0.2, 0.25) is 11.8 Å². The molecule has 2 atom stereocenters. The Bertz CT molecular complexity index is 867. The third-order valence-corrected chi connectivity index (χ3v) is 5.52. The van der Waals surface area contributed by atoms with Gasteiger partial charge in [-0.1, -0.05) is 53.2 Å². The van der Waals surface area contributed by atoms with E-state index in [1.165, 1.54) is 4.90 Å². The number of imide groups is 1. The van der Waals surface area contributed by atoms with Gasteiger partial charge < -0.3 is 4.90 Å². The normalized spacial score (nSPS) is 17.7. The summed E-state index contributed by atoms with van der Waals surface area (Å²) in [7, 11) is 0. The summed E-state index contributed by atoms with van der Waals surface area (Å²) in [5.41, 5.74) is 1.46. The minimum absolute atomic E-state index is 0.00151. The van der Waals surface area contributed by atoms with E-state index < -0.39 is 6.04 Å². The molecule has 1 fully saturated rings. The molecule has 0 spiro atoms. The SMILES string of the molecule is CCCC(=O)N(C1CC(=O)N(c2ccc(Br)cc2)C1=O)C(C)c1ccccc1. The molecule has 0 aliphatic carbocycles. The molecule has 0 aromatic heterocycles. The van der Waals surface area contributed by atoms with Crippen molar-refractivity contribution in [3.63, 3.8) is 0 Å². The molecular formula is C22H23BrN2O3. The first kappa shape index (κ1) is 20.3. The summed E-state index contributed by atoms with van der Waals surface area (Å²) in [5, 5.41) is 0. The first-order chi connectivity index (χ1) is 13.4. The molecule has 1 aliphatic rings. The molecule has 2 unspecified atom stereocenters. The predicted octanol–water partition coefficient (Wildman–Crippen LogP) is 4.47. The summed E-state index contributed by atoms with van der Waals surface area (Å²) in [4.78, 5) is 41.6. The molecule has 6 heteroatoms. The molecule has 0 N–H and O–H groups in total. The highest BCUT2D eigenvalue weighted by atomic mass is 79.9. The number of anilines is 1. The zero-order valence-electron chi connectivity index (χ0n) is 16.0. The fraction of sp³-hybridized carbons (Fsp3) is 0.318. The van der Waals surface area contributed by atoms with E-state index in [0.717, 1.165) is 10.0 Å². The Kier molecular flexibility index (Phi) is 6.29. The lowest BCUT2D eigenvalue weighted by molar-refractivity contribution is -0.141. The van der Waals surface area contributed by atoms with Crippen LogP contribution in [0.3, 0.4) is 0 Å². The smallest absolute Gasteiger partial charge is 0.257 e. The van der Waals surface area contributed by atoms with Gasteiger partial charge in [0, 0.05) is 10.9 Å². The molecule has 146 valence electrons.